The van der Waals surface area contributed by atoms with Crippen LogP contribution in [0.5, 0.6) is 5.88 Å². The van der Waals surface area contributed by atoms with Crippen molar-refractivity contribution in [3.05, 3.63) is 74.6 Å². The maximum Gasteiger partial charge on any atom is 0.416 e. The number of hydrogen-bond acceptors (Lipinski definition) is 6. The number of imidazole rings is 1. The van der Waals surface area contributed by atoms with Crippen LogP contribution in [-0.2, 0) is 25.8 Å². The van der Waals surface area contributed by atoms with Gasteiger partial charge in [0.2, 0.25) is 5.88 Å². The fourth-order valence-corrected chi connectivity index (χ4v) is 4.60. The van der Waals surface area contributed by atoms with E-state index in [0.717, 1.165) is 36.0 Å². The maximum atomic E-state index is 13.6. The molecule has 9 nitrogen and oxygen atoms in total. The van der Waals surface area contributed by atoms with Gasteiger partial charge in [0.15, 0.2) is 11.2 Å². The Morgan fingerprint density at radius 3 is 2.36 bits per heavy atom. The van der Waals surface area contributed by atoms with Gasteiger partial charge in [-0.25, -0.2) is 14.8 Å². The molecule has 206 valence electrons. The van der Waals surface area contributed by atoms with Crippen molar-refractivity contribution < 1.29 is 23.0 Å². The SMILES string of the molecule is CCn1c(=O)n(CCCO)c(=O)c2c1nc(-c1ccc(OC3CCC3)nc1)n2Cc1ccc(C(F)(F)F)cc1. The predicted molar refractivity (Wildman–Crippen MR) is 138 cm³/mol. The van der Waals surface area contributed by atoms with Gasteiger partial charge < -0.3 is 14.4 Å². The molecule has 0 radical (unpaired) electrons. The van der Waals surface area contributed by atoms with E-state index in [-0.39, 0.29) is 49.9 Å². The highest BCUT2D eigenvalue weighted by Gasteiger charge is 2.30. The van der Waals surface area contributed by atoms with Crippen molar-refractivity contribution in [2.45, 2.75) is 64.5 Å². The molecule has 0 amide bonds. The van der Waals surface area contributed by atoms with Gasteiger partial charge in [-0.2, -0.15) is 13.2 Å². The van der Waals surface area contributed by atoms with Gasteiger partial charge >= 0.3 is 11.9 Å². The van der Waals surface area contributed by atoms with E-state index in [9.17, 15) is 27.9 Å². The number of halogens is 3. The molecule has 0 spiro atoms. The molecule has 1 saturated carbocycles. The Morgan fingerprint density at radius 2 is 1.79 bits per heavy atom. The molecule has 3 heterocycles. The van der Waals surface area contributed by atoms with E-state index in [4.69, 9.17) is 4.74 Å². The summed E-state index contributed by atoms with van der Waals surface area (Å²) in [5, 5.41) is 9.29. The van der Waals surface area contributed by atoms with E-state index in [1.807, 2.05) is 0 Å². The number of nitrogens with zero attached hydrogens (tertiary/aromatic N) is 5. The zero-order valence-corrected chi connectivity index (χ0v) is 21.3. The van der Waals surface area contributed by atoms with Crippen LogP contribution in [0.25, 0.3) is 22.6 Å². The largest absolute Gasteiger partial charge is 0.474 e. The van der Waals surface area contributed by atoms with Gasteiger partial charge in [-0.3, -0.25) is 13.9 Å². The van der Waals surface area contributed by atoms with E-state index in [1.165, 1.54) is 16.7 Å². The van der Waals surface area contributed by atoms with Crippen LogP contribution in [0.4, 0.5) is 13.2 Å². The van der Waals surface area contributed by atoms with Crippen LogP contribution in [0, 0.1) is 0 Å². The number of alkyl halides is 3. The molecule has 1 aliphatic rings. The van der Waals surface area contributed by atoms with Gasteiger partial charge in [-0.15, -0.1) is 0 Å². The molecule has 1 N–H and O–H groups in total. The second-order valence-corrected chi connectivity index (χ2v) is 9.51. The number of aryl methyl sites for hydroxylation is 1. The van der Waals surface area contributed by atoms with Gasteiger partial charge in [0.05, 0.1) is 5.56 Å². The predicted octanol–water partition coefficient (Wildman–Crippen LogP) is 3.82. The fourth-order valence-electron chi connectivity index (χ4n) is 4.60. The lowest BCUT2D eigenvalue weighted by molar-refractivity contribution is -0.137. The molecule has 39 heavy (non-hydrogen) atoms. The van der Waals surface area contributed by atoms with Crippen molar-refractivity contribution in [1.29, 1.82) is 0 Å². The van der Waals surface area contributed by atoms with Gasteiger partial charge in [-0.1, -0.05) is 12.1 Å². The minimum Gasteiger partial charge on any atom is -0.474 e. The number of hydrogen-bond donors (Lipinski definition) is 1. The van der Waals surface area contributed by atoms with Gasteiger partial charge in [-0.05, 0) is 56.4 Å². The summed E-state index contributed by atoms with van der Waals surface area (Å²) >= 11 is 0. The Morgan fingerprint density at radius 1 is 1.05 bits per heavy atom. The molecular formula is C27H28F3N5O4. The summed E-state index contributed by atoms with van der Waals surface area (Å²) < 4.78 is 49.2. The molecule has 0 bridgehead atoms. The lowest BCUT2D eigenvalue weighted by Crippen LogP contribution is -2.40. The van der Waals surface area contributed by atoms with E-state index >= 15 is 0 Å². The molecular weight excluding hydrogens is 515 g/mol. The van der Waals surface area contributed by atoms with E-state index in [1.54, 1.807) is 29.8 Å². The Kier molecular flexibility index (Phi) is 7.30. The molecule has 3 aromatic heterocycles. The van der Waals surface area contributed by atoms with E-state index < -0.39 is 23.0 Å². The average Bonchev–Trinajstić information content (AvgIpc) is 3.25. The molecule has 0 atom stereocenters. The van der Waals surface area contributed by atoms with Crippen LogP contribution in [-0.4, -0.2) is 41.5 Å². The standard InChI is InChI=1S/C27H28F3N5O4/c1-2-33-24-22(25(37)34(26(33)38)13-4-14-36)35(16-17-7-10-19(11-8-17)27(28,29)30)23(32-24)18-9-12-21(31-15-18)39-20-5-3-6-20/h7-12,15,20,36H,2-6,13-14,16H2,1H3. The molecule has 1 aliphatic carbocycles. The molecule has 0 aliphatic heterocycles. The third-order valence-electron chi connectivity index (χ3n) is 6.93. The first-order valence-electron chi connectivity index (χ1n) is 12.8. The fraction of sp³-hybridized carbons (Fsp3) is 0.407. The van der Waals surface area contributed by atoms with Crippen molar-refractivity contribution in [1.82, 2.24) is 23.7 Å². The highest BCUT2D eigenvalue weighted by atomic mass is 19.4. The number of aliphatic hydroxyl groups excluding tert-OH is 1. The number of aliphatic hydroxyl groups is 1. The maximum absolute atomic E-state index is 13.6. The highest BCUT2D eigenvalue weighted by Crippen LogP contribution is 2.30. The number of aromatic nitrogens is 5. The second kappa shape index (κ2) is 10.7. The monoisotopic (exact) mass is 543 g/mol. The first kappa shape index (κ1) is 26.7. The second-order valence-electron chi connectivity index (χ2n) is 9.51. The molecule has 0 saturated heterocycles. The topological polar surface area (TPSA) is 104 Å². The lowest BCUT2D eigenvalue weighted by Gasteiger charge is -2.25. The van der Waals surface area contributed by atoms with Gasteiger partial charge in [0.1, 0.15) is 11.9 Å². The van der Waals surface area contributed by atoms with Crippen LogP contribution in [0.15, 0.2) is 52.2 Å². The zero-order chi connectivity index (χ0) is 27.7. The molecule has 1 fully saturated rings. The summed E-state index contributed by atoms with van der Waals surface area (Å²) in [6, 6.07) is 8.15. The number of rotatable bonds is 9. The van der Waals surface area contributed by atoms with E-state index in [2.05, 4.69) is 9.97 Å². The third-order valence-corrected chi connectivity index (χ3v) is 6.93. The number of pyridine rings is 1. The van der Waals surface area contributed by atoms with Gasteiger partial charge in [0.25, 0.3) is 5.56 Å². The quantitative estimate of drug-likeness (QED) is 0.344. The normalized spacial score (nSPS) is 14.1. The molecule has 5 rings (SSSR count). The summed E-state index contributed by atoms with van der Waals surface area (Å²) in [4.78, 5) is 35.8. The van der Waals surface area contributed by atoms with Crippen molar-refractivity contribution >= 4 is 11.2 Å². The molecule has 1 aromatic carbocycles. The summed E-state index contributed by atoms with van der Waals surface area (Å²) in [7, 11) is 0. The highest BCUT2D eigenvalue weighted by molar-refractivity contribution is 5.77. The Bertz CT molecular complexity index is 1580. The molecule has 12 heteroatoms. The summed E-state index contributed by atoms with van der Waals surface area (Å²) in [5.41, 5.74) is -0.538. The summed E-state index contributed by atoms with van der Waals surface area (Å²) in [6.07, 6.45) is 0.508. The first-order chi connectivity index (χ1) is 18.7. The molecule has 0 unspecified atom stereocenters. The van der Waals surface area contributed by atoms with Gasteiger partial charge in [0, 0.05) is 44.1 Å². The Labute approximate surface area is 221 Å². The van der Waals surface area contributed by atoms with Crippen LogP contribution >= 0.6 is 0 Å². The van der Waals surface area contributed by atoms with Crippen molar-refractivity contribution in [2.75, 3.05) is 6.61 Å². The Balaban J connectivity index is 1.66. The number of fused-ring (bicyclic) bond motifs is 1. The smallest absolute Gasteiger partial charge is 0.416 e. The number of ether oxygens (including phenoxy) is 1. The number of benzene rings is 1. The van der Waals surface area contributed by atoms with Crippen molar-refractivity contribution in [3.8, 4) is 17.3 Å². The van der Waals surface area contributed by atoms with Crippen molar-refractivity contribution in [2.24, 2.45) is 0 Å². The minimum absolute atomic E-state index is 0.0135. The lowest BCUT2D eigenvalue weighted by atomic mass is 9.96. The Hall–Kier alpha value is -3.93. The molecule has 4 aromatic rings. The summed E-state index contributed by atoms with van der Waals surface area (Å²) in [6.45, 7) is 1.83. The van der Waals surface area contributed by atoms with Crippen LogP contribution in [0.1, 0.15) is 43.7 Å². The zero-order valence-electron chi connectivity index (χ0n) is 21.3. The van der Waals surface area contributed by atoms with Crippen LogP contribution in [0.2, 0.25) is 0 Å². The summed E-state index contributed by atoms with van der Waals surface area (Å²) in [5.74, 6) is 0.803. The minimum atomic E-state index is -4.47. The van der Waals surface area contributed by atoms with Crippen LogP contribution < -0.4 is 16.0 Å². The van der Waals surface area contributed by atoms with Crippen LogP contribution in [0.3, 0.4) is 0 Å². The average molecular weight is 544 g/mol. The first-order valence-corrected chi connectivity index (χ1v) is 12.8. The third kappa shape index (κ3) is 5.20. The van der Waals surface area contributed by atoms with E-state index in [0.29, 0.717) is 22.8 Å². The van der Waals surface area contributed by atoms with Crippen molar-refractivity contribution in [3.63, 3.8) is 0 Å².